The van der Waals surface area contributed by atoms with Crippen molar-refractivity contribution in [2.75, 3.05) is 13.1 Å². The molecule has 0 amide bonds. The second-order valence-corrected chi connectivity index (χ2v) is 15.4. The van der Waals surface area contributed by atoms with Crippen LogP contribution in [0.4, 0.5) is 4.39 Å². The zero-order valence-corrected chi connectivity index (χ0v) is 20.9. The SMILES string of the molecule is CC1CCN(C(c2ccc(F)cc2)c2ccc(CO[Si](C)(C)C(C)(C)C)cc2O)CC1. The van der Waals surface area contributed by atoms with Crippen LogP contribution < -0.4 is 0 Å². The Labute approximate surface area is 188 Å². The summed E-state index contributed by atoms with van der Waals surface area (Å²) < 4.78 is 19.9. The van der Waals surface area contributed by atoms with Gasteiger partial charge in [0.2, 0.25) is 0 Å². The van der Waals surface area contributed by atoms with Gasteiger partial charge in [0.25, 0.3) is 0 Å². The fourth-order valence-corrected chi connectivity index (χ4v) is 4.87. The lowest BCUT2D eigenvalue weighted by atomic mass is 9.91. The van der Waals surface area contributed by atoms with Gasteiger partial charge in [-0.2, -0.15) is 0 Å². The molecule has 0 bridgehead atoms. The van der Waals surface area contributed by atoms with E-state index in [1.807, 2.05) is 24.3 Å². The van der Waals surface area contributed by atoms with Crippen molar-refractivity contribution in [2.45, 2.75) is 71.3 Å². The molecule has 1 heterocycles. The number of phenols is 1. The van der Waals surface area contributed by atoms with E-state index in [-0.39, 0.29) is 22.6 Å². The third-order valence-electron chi connectivity index (χ3n) is 7.16. The summed E-state index contributed by atoms with van der Waals surface area (Å²) in [6.45, 7) is 15.9. The first-order valence-corrected chi connectivity index (χ1v) is 14.3. The van der Waals surface area contributed by atoms with E-state index < -0.39 is 8.32 Å². The molecule has 1 aliphatic heterocycles. The van der Waals surface area contributed by atoms with E-state index in [1.165, 1.54) is 12.1 Å². The van der Waals surface area contributed by atoms with Gasteiger partial charge in [-0.25, -0.2) is 4.39 Å². The van der Waals surface area contributed by atoms with Gasteiger partial charge in [-0.15, -0.1) is 0 Å². The molecule has 3 rings (SSSR count). The van der Waals surface area contributed by atoms with Crippen molar-refractivity contribution in [3.63, 3.8) is 0 Å². The number of halogens is 1. The Morgan fingerprint density at radius 2 is 1.71 bits per heavy atom. The highest BCUT2D eigenvalue weighted by molar-refractivity contribution is 6.74. The summed E-state index contributed by atoms with van der Waals surface area (Å²) in [5.74, 6) is 0.759. The van der Waals surface area contributed by atoms with Gasteiger partial charge < -0.3 is 9.53 Å². The minimum atomic E-state index is -1.86. The molecule has 2 aromatic carbocycles. The molecule has 1 atom stereocenters. The Morgan fingerprint density at radius 1 is 1.10 bits per heavy atom. The topological polar surface area (TPSA) is 32.7 Å². The van der Waals surface area contributed by atoms with Crippen molar-refractivity contribution < 1.29 is 13.9 Å². The van der Waals surface area contributed by atoms with Crippen LogP contribution in [0.3, 0.4) is 0 Å². The standard InChI is InChI=1S/C26H38FNO2Si/c1-19-13-15-28(16-14-19)25(21-8-10-22(27)11-9-21)23-12-7-20(17-24(23)29)18-30-31(5,6)26(2,3)4/h7-12,17,19,25,29H,13-16,18H2,1-6H3. The van der Waals surface area contributed by atoms with Gasteiger partial charge in [-0.1, -0.05) is 52.0 Å². The summed E-state index contributed by atoms with van der Waals surface area (Å²) in [6.07, 6.45) is 2.27. The molecule has 1 unspecified atom stereocenters. The molecule has 2 aromatic rings. The molecule has 0 aliphatic carbocycles. The number of nitrogens with zero attached hydrogens (tertiary/aromatic N) is 1. The summed E-state index contributed by atoms with van der Waals surface area (Å²) in [6, 6.07) is 12.5. The lowest BCUT2D eigenvalue weighted by molar-refractivity contribution is 0.156. The number of phenolic OH excluding ortho intramolecular Hbond substituents is 1. The van der Waals surface area contributed by atoms with Crippen LogP contribution >= 0.6 is 0 Å². The predicted octanol–water partition coefficient (Wildman–Crippen LogP) is 6.87. The van der Waals surface area contributed by atoms with Crippen molar-refractivity contribution in [3.05, 3.63) is 65.0 Å². The number of hydrogen-bond acceptors (Lipinski definition) is 3. The molecule has 1 saturated heterocycles. The molecule has 5 heteroatoms. The Balaban J connectivity index is 1.86. The first kappa shape index (κ1) is 24.0. The number of piperidine rings is 1. The molecule has 1 fully saturated rings. The second-order valence-electron chi connectivity index (χ2n) is 10.6. The highest BCUT2D eigenvalue weighted by Gasteiger charge is 2.37. The normalized spacial score (nSPS) is 17.6. The summed E-state index contributed by atoms with van der Waals surface area (Å²) in [4.78, 5) is 2.41. The number of likely N-dealkylation sites (tertiary alicyclic amines) is 1. The molecule has 0 saturated carbocycles. The quantitative estimate of drug-likeness (QED) is 0.494. The van der Waals surface area contributed by atoms with Crippen LogP contribution in [0.15, 0.2) is 42.5 Å². The summed E-state index contributed by atoms with van der Waals surface area (Å²) >= 11 is 0. The Hall–Kier alpha value is -1.69. The molecule has 0 aromatic heterocycles. The lowest BCUT2D eigenvalue weighted by Crippen LogP contribution is -2.40. The third-order valence-corrected chi connectivity index (χ3v) is 11.6. The molecule has 3 nitrogen and oxygen atoms in total. The molecule has 0 spiro atoms. The molecule has 1 N–H and O–H groups in total. The number of hydrogen-bond donors (Lipinski definition) is 1. The van der Waals surface area contributed by atoms with Crippen LogP contribution in [0, 0.1) is 11.7 Å². The van der Waals surface area contributed by atoms with E-state index in [0.29, 0.717) is 12.5 Å². The molecular formula is C26H38FNO2Si. The third kappa shape index (κ3) is 5.76. The zero-order chi connectivity index (χ0) is 22.8. The summed E-state index contributed by atoms with van der Waals surface area (Å²) in [7, 11) is -1.86. The minimum absolute atomic E-state index is 0.0801. The van der Waals surface area contributed by atoms with E-state index >= 15 is 0 Å². The van der Waals surface area contributed by atoms with Crippen LogP contribution in [0.5, 0.6) is 5.75 Å². The van der Waals surface area contributed by atoms with Crippen LogP contribution in [0.2, 0.25) is 18.1 Å². The van der Waals surface area contributed by atoms with Gasteiger partial charge in [-0.3, -0.25) is 4.90 Å². The van der Waals surface area contributed by atoms with Crippen LogP contribution in [-0.2, 0) is 11.0 Å². The van der Waals surface area contributed by atoms with Gasteiger partial charge in [0.05, 0.1) is 12.6 Å². The van der Waals surface area contributed by atoms with Crippen molar-refractivity contribution in [2.24, 2.45) is 5.92 Å². The lowest BCUT2D eigenvalue weighted by Gasteiger charge is -2.38. The highest BCUT2D eigenvalue weighted by atomic mass is 28.4. The predicted molar refractivity (Wildman–Crippen MR) is 128 cm³/mol. The van der Waals surface area contributed by atoms with Crippen molar-refractivity contribution in [3.8, 4) is 5.75 Å². The fraction of sp³-hybridized carbons (Fsp3) is 0.538. The summed E-state index contributed by atoms with van der Waals surface area (Å²) in [5.41, 5.74) is 2.87. The maximum absolute atomic E-state index is 13.6. The van der Waals surface area contributed by atoms with E-state index in [1.54, 1.807) is 0 Å². The summed E-state index contributed by atoms with van der Waals surface area (Å²) in [5, 5.41) is 11.2. The molecule has 1 aliphatic rings. The van der Waals surface area contributed by atoms with Gasteiger partial charge in [0.15, 0.2) is 8.32 Å². The van der Waals surface area contributed by atoms with Gasteiger partial charge in [0.1, 0.15) is 11.6 Å². The van der Waals surface area contributed by atoms with E-state index in [0.717, 1.165) is 42.6 Å². The number of rotatable bonds is 6. The van der Waals surface area contributed by atoms with Crippen LogP contribution in [-0.4, -0.2) is 31.4 Å². The fourth-order valence-electron chi connectivity index (χ4n) is 3.91. The Morgan fingerprint density at radius 3 is 2.26 bits per heavy atom. The molecule has 0 radical (unpaired) electrons. The average molecular weight is 444 g/mol. The minimum Gasteiger partial charge on any atom is -0.508 e. The van der Waals surface area contributed by atoms with Crippen LogP contribution in [0.25, 0.3) is 0 Å². The maximum atomic E-state index is 13.6. The molecule has 31 heavy (non-hydrogen) atoms. The van der Waals surface area contributed by atoms with Gasteiger partial charge >= 0.3 is 0 Å². The second kappa shape index (κ2) is 9.43. The monoisotopic (exact) mass is 443 g/mol. The first-order valence-electron chi connectivity index (χ1n) is 11.4. The van der Waals surface area contributed by atoms with Crippen molar-refractivity contribution in [1.29, 1.82) is 0 Å². The largest absolute Gasteiger partial charge is 0.508 e. The van der Waals surface area contributed by atoms with Gasteiger partial charge in [0, 0.05) is 5.56 Å². The maximum Gasteiger partial charge on any atom is 0.192 e. The van der Waals surface area contributed by atoms with E-state index in [9.17, 15) is 9.50 Å². The molecular weight excluding hydrogens is 405 g/mol. The van der Waals surface area contributed by atoms with Crippen molar-refractivity contribution >= 4 is 8.32 Å². The average Bonchev–Trinajstić information content (AvgIpc) is 2.70. The Kier molecular flexibility index (Phi) is 7.29. The Bertz CT molecular complexity index is 868. The number of aromatic hydroxyl groups is 1. The first-order chi connectivity index (χ1) is 14.5. The molecule has 170 valence electrons. The van der Waals surface area contributed by atoms with Crippen molar-refractivity contribution in [1.82, 2.24) is 4.90 Å². The number of benzene rings is 2. The van der Waals surface area contributed by atoms with Gasteiger partial charge in [-0.05, 0) is 79.3 Å². The highest BCUT2D eigenvalue weighted by Crippen LogP contribution is 2.39. The van der Waals surface area contributed by atoms with Crippen LogP contribution in [0.1, 0.15) is 63.3 Å². The zero-order valence-electron chi connectivity index (χ0n) is 19.9. The van der Waals surface area contributed by atoms with E-state index in [4.69, 9.17) is 4.43 Å². The van der Waals surface area contributed by atoms with E-state index in [2.05, 4.69) is 51.8 Å². The smallest absolute Gasteiger partial charge is 0.192 e.